The first kappa shape index (κ1) is 26.0. The van der Waals surface area contributed by atoms with E-state index in [2.05, 4.69) is 95.3 Å². The van der Waals surface area contributed by atoms with Crippen LogP contribution in [0, 0.1) is 6.92 Å². The predicted octanol–water partition coefficient (Wildman–Crippen LogP) is 14.3. The topological polar surface area (TPSA) is 0 Å². The lowest BCUT2D eigenvalue weighted by Crippen LogP contribution is -1.90. The van der Waals surface area contributed by atoms with Crippen molar-refractivity contribution in [3.8, 4) is 0 Å². The van der Waals surface area contributed by atoms with Crippen molar-refractivity contribution < 1.29 is 0 Å². The molecular weight excluding hydrogens is 609 g/mol. The molecule has 0 aliphatic rings. The Morgan fingerprint density at radius 3 is 1.34 bits per heavy atom. The third-order valence-corrected chi connectivity index (χ3v) is 15.0. The number of rotatable bonds is 3. The molecule has 0 aliphatic carbocycles. The van der Waals surface area contributed by atoms with Crippen LogP contribution in [0.1, 0.15) is 53.1 Å². The number of thiophene rings is 4. The highest BCUT2D eigenvalue weighted by Crippen LogP contribution is 2.55. The van der Waals surface area contributed by atoms with Gasteiger partial charge < -0.3 is 0 Å². The molecule has 4 heteroatoms. The molecule has 0 amide bonds. The highest BCUT2D eigenvalue weighted by molar-refractivity contribution is 7.23. The van der Waals surface area contributed by atoms with Crippen LogP contribution >= 0.6 is 45.3 Å². The minimum atomic E-state index is 0.512. The lowest BCUT2D eigenvalue weighted by Gasteiger charge is -2.19. The third kappa shape index (κ3) is 3.13. The summed E-state index contributed by atoms with van der Waals surface area (Å²) in [6.07, 6.45) is 2.15. The van der Waals surface area contributed by atoms with Gasteiger partial charge in [-0.15, -0.1) is 45.3 Å². The van der Waals surface area contributed by atoms with E-state index >= 15 is 0 Å². The van der Waals surface area contributed by atoms with Gasteiger partial charge in [-0.3, -0.25) is 0 Å². The first-order valence-electron chi connectivity index (χ1n) is 15.7. The standard InChI is InChI=1S/C40H30S4/c1-6-20-15-27-26-14-19(5)41-37(26)33-22-10-8-12-24-31(22)32-23(34(33)38(27)42-20)11-9-13-25(32)36-35(24)39-28(16-21(7-2)43-39)29-17-30(18(3)4)44-40(29)36/h8-18H,6-7H2,1-5H3. The minimum absolute atomic E-state index is 0.512. The van der Waals surface area contributed by atoms with E-state index in [-0.39, 0.29) is 0 Å². The van der Waals surface area contributed by atoms with Gasteiger partial charge >= 0.3 is 0 Å². The second kappa shape index (κ2) is 8.92. The maximum atomic E-state index is 2.51. The van der Waals surface area contributed by atoms with Gasteiger partial charge in [-0.25, -0.2) is 0 Å². The Morgan fingerprint density at radius 2 is 0.886 bits per heavy atom. The van der Waals surface area contributed by atoms with Crippen molar-refractivity contribution in [3.63, 3.8) is 0 Å². The van der Waals surface area contributed by atoms with Crippen LogP contribution in [0.3, 0.4) is 0 Å². The summed E-state index contributed by atoms with van der Waals surface area (Å²) in [6.45, 7) is 11.5. The van der Waals surface area contributed by atoms with E-state index in [4.69, 9.17) is 0 Å². The Bertz CT molecular complexity index is 2830. The van der Waals surface area contributed by atoms with Gasteiger partial charge in [0, 0.05) is 81.4 Å². The molecule has 10 aromatic rings. The summed E-state index contributed by atoms with van der Waals surface area (Å²) in [6, 6.07) is 24.3. The number of fused-ring (bicyclic) bond motifs is 16. The number of hydrogen-bond acceptors (Lipinski definition) is 4. The van der Waals surface area contributed by atoms with Crippen LogP contribution in [-0.4, -0.2) is 0 Å². The van der Waals surface area contributed by atoms with Gasteiger partial charge in [0.05, 0.1) is 0 Å². The fourth-order valence-corrected chi connectivity index (χ4v) is 12.6. The Labute approximate surface area is 271 Å². The predicted molar refractivity (Wildman–Crippen MR) is 204 cm³/mol. The molecule has 4 heterocycles. The molecule has 10 rings (SSSR count). The van der Waals surface area contributed by atoms with Crippen molar-refractivity contribution in [1.29, 1.82) is 0 Å². The lowest BCUT2D eigenvalue weighted by atomic mass is 9.85. The van der Waals surface area contributed by atoms with Gasteiger partial charge in [-0.05, 0) is 82.3 Å². The van der Waals surface area contributed by atoms with Crippen LogP contribution in [0.4, 0.5) is 0 Å². The largest absolute Gasteiger partial charge is 0.140 e. The number of benzene rings is 6. The molecule has 0 saturated carbocycles. The van der Waals surface area contributed by atoms with Gasteiger partial charge in [0.25, 0.3) is 0 Å². The summed E-state index contributed by atoms with van der Waals surface area (Å²) in [5.41, 5.74) is 0. The zero-order valence-electron chi connectivity index (χ0n) is 25.4. The molecule has 0 radical (unpaired) electrons. The van der Waals surface area contributed by atoms with Gasteiger partial charge in [0.15, 0.2) is 0 Å². The first-order valence-corrected chi connectivity index (χ1v) is 19.0. The quantitative estimate of drug-likeness (QED) is 0.133. The van der Waals surface area contributed by atoms with E-state index in [1.807, 2.05) is 45.3 Å². The van der Waals surface area contributed by atoms with Crippen molar-refractivity contribution in [2.45, 2.75) is 53.4 Å². The molecule has 0 bridgehead atoms. The molecule has 0 saturated heterocycles. The summed E-state index contributed by atoms with van der Waals surface area (Å²) in [5, 5.41) is 20.2. The molecule has 0 spiro atoms. The molecular formula is C40H30S4. The lowest BCUT2D eigenvalue weighted by molar-refractivity contribution is 0.890. The summed E-state index contributed by atoms with van der Waals surface area (Å²) in [7, 11) is 0. The van der Waals surface area contributed by atoms with Crippen LogP contribution in [-0.2, 0) is 12.8 Å². The van der Waals surface area contributed by atoms with Crippen molar-refractivity contribution in [1.82, 2.24) is 0 Å². The van der Waals surface area contributed by atoms with Crippen LogP contribution in [0.25, 0.3) is 94.2 Å². The summed E-state index contributed by atoms with van der Waals surface area (Å²) in [4.78, 5) is 5.82. The van der Waals surface area contributed by atoms with Gasteiger partial charge in [0.2, 0.25) is 0 Å². The third-order valence-electron chi connectivity index (χ3n) is 9.88. The Hall–Kier alpha value is -3.28. The number of hydrogen-bond donors (Lipinski definition) is 0. The van der Waals surface area contributed by atoms with Crippen LogP contribution in [0.15, 0.2) is 60.7 Å². The van der Waals surface area contributed by atoms with Crippen LogP contribution in [0.5, 0.6) is 0 Å². The monoisotopic (exact) mass is 638 g/mol. The zero-order chi connectivity index (χ0) is 29.6. The Balaban J connectivity index is 1.58. The average Bonchev–Trinajstić information content (AvgIpc) is 3.82. The molecule has 214 valence electrons. The van der Waals surface area contributed by atoms with Gasteiger partial charge in [-0.1, -0.05) is 64.1 Å². The molecule has 0 atom stereocenters. The van der Waals surface area contributed by atoms with E-state index in [0.29, 0.717) is 5.92 Å². The molecule has 0 fully saturated rings. The molecule has 44 heavy (non-hydrogen) atoms. The summed E-state index contributed by atoms with van der Waals surface area (Å²) >= 11 is 8.03. The highest BCUT2D eigenvalue weighted by atomic mass is 32.1. The maximum absolute atomic E-state index is 2.51. The van der Waals surface area contributed by atoms with Crippen molar-refractivity contribution in [2.75, 3.05) is 0 Å². The second-order valence-electron chi connectivity index (χ2n) is 12.7. The summed E-state index contributed by atoms with van der Waals surface area (Å²) in [5.74, 6) is 0.512. The van der Waals surface area contributed by atoms with Crippen LogP contribution in [0.2, 0.25) is 0 Å². The Morgan fingerprint density at radius 1 is 0.477 bits per heavy atom. The van der Waals surface area contributed by atoms with E-state index in [0.717, 1.165) is 12.8 Å². The fourth-order valence-electron chi connectivity index (χ4n) is 7.94. The van der Waals surface area contributed by atoms with Crippen LogP contribution < -0.4 is 0 Å². The molecule has 4 aromatic heterocycles. The maximum Gasteiger partial charge on any atom is 0.0437 e. The normalized spacial score (nSPS) is 13.0. The highest BCUT2D eigenvalue weighted by Gasteiger charge is 2.25. The fraction of sp³-hybridized carbons (Fsp3) is 0.200. The second-order valence-corrected chi connectivity index (χ2v) is 17.3. The van der Waals surface area contributed by atoms with E-state index in [1.54, 1.807) is 0 Å². The van der Waals surface area contributed by atoms with E-state index in [9.17, 15) is 0 Å². The van der Waals surface area contributed by atoms with Crippen molar-refractivity contribution in [3.05, 3.63) is 80.2 Å². The van der Waals surface area contributed by atoms with Gasteiger partial charge in [0.1, 0.15) is 0 Å². The average molecular weight is 639 g/mol. The van der Waals surface area contributed by atoms with Gasteiger partial charge in [-0.2, -0.15) is 0 Å². The molecule has 6 aromatic carbocycles. The van der Waals surface area contributed by atoms with E-state index < -0.39 is 0 Å². The SMILES string of the molecule is CCc1cc2c3cc(C)sc3c3c4cccc5c4c4c(cccc4c4c6sc(C(C)C)cc6c6cc(CC)sc6c54)c3c2s1. The smallest absolute Gasteiger partial charge is 0.0437 e. The summed E-state index contributed by atoms with van der Waals surface area (Å²) < 4.78 is 5.84. The molecule has 0 nitrogen and oxygen atoms in total. The van der Waals surface area contributed by atoms with Crippen molar-refractivity contribution >= 4 is 140 Å². The first-order chi connectivity index (χ1) is 21.5. The zero-order valence-corrected chi connectivity index (χ0v) is 28.7. The Kier molecular flexibility index (Phi) is 5.27. The van der Waals surface area contributed by atoms with E-state index in [1.165, 1.54) is 114 Å². The number of aryl methyl sites for hydroxylation is 3. The molecule has 0 unspecified atom stereocenters. The van der Waals surface area contributed by atoms with Crippen molar-refractivity contribution in [2.24, 2.45) is 0 Å². The minimum Gasteiger partial charge on any atom is -0.140 e. The molecule has 0 aliphatic heterocycles. The molecule has 0 N–H and O–H groups in total.